The van der Waals surface area contributed by atoms with Crippen LogP contribution in [-0.4, -0.2) is 30.2 Å². The molecule has 1 aromatic heterocycles. The molecular formula is C20H21FN4O2. The van der Waals surface area contributed by atoms with Gasteiger partial charge in [-0.2, -0.15) is 0 Å². The number of ether oxygens (including phenoxy) is 2. The highest BCUT2D eigenvalue weighted by molar-refractivity contribution is 5.59. The summed E-state index contributed by atoms with van der Waals surface area (Å²) >= 11 is 0. The molecule has 0 saturated carbocycles. The van der Waals surface area contributed by atoms with Gasteiger partial charge in [-0.25, -0.2) is 14.4 Å². The number of aryl methyl sites for hydroxylation is 1. The topological polar surface area (TPSA) is 68.3 Å². The van der Waals surface area contributed by atoms with Gasteiger partial charge in [0.25, 0.3) is 0 Å². The van der Waals surface area contributed by atoms with E-state index in [1.54, 1.807) is 32.2 Å². The lowest BCUT2D eigenvalue weighted by Crippen LogP contribution is -2.13. The van der Waals surface area contributed by atoms with Gasteiger partial charge in [-0.3, -0.25) is 0 Å². The van der Waals surface area contributed by atoms with Crippen molar-refractivity contribution < 1.29 is 13.9 Å². The third kappa shape index (κ3) is 5.57. The summed E-state index contributed by atoms with van der Waals surface area (Å²) in [6.07, 6.45) is 0. The van der Waals surface area contributed by atoms with E-state index in [4.69, 9.17) is 9.47 Å². The zero-order valence-corrected chi connectivity index (χ0v) is 15.2. The number of methoxy groups -OCH3 is 1. The number of aromatic nitrogens is 2. The Bertz CT molecular complexity index is 887. The van der Waals surface area contributed by atoms with Crippen molar-refractivity contribution in [2.45, 2.75) is 6.92 Å². The molecule has 0 aliphatic rings. The number of nitrogens with zero attached hydrogens (tertiary/aromatic N) is 2. The molecule has 6 nitrogen and oxygen atoms in total. The predicted octanol–water partition coefficient (Wildman–Crippen LogP) is 4.17. The van der Waals surface area contributed by atoms with Gasteiger partial charge in [-0.15, -0.1) is 0 Å². The Kier molecular flexibility index (Phi) is 6.04. The summed E-state index contributed by atoms with van der Waals surface area (Å²) in [4.78, 5) is 8.68. The van der Waals surface area contributed by atoms with Crippen molar-refractivity contribution >= 4 is 17.3 Å². The lowest BCUT2D eigenvalue weighted by molar-refractivity contribution is 0.331. The number of hydrogen-bond acceptors (Lipinski definition) is 6. The molecule has 0 amide bonds. The van der Waals surface area contributed by atoms with E-state index in [0.29, 0.717) is 36.3 Å². The van der Waals surface area contributed by atoms with E-state index in [9.17, 15) is 4.39 Å². The number of benzene rings is 2. The van der Waals surface area contributed by atoms with Crippen LogP contribution in [0, 0.1) is 12.7 Å². The maximum absolute atomic E-state index is 13.3. The molecule has 1 heterocycles. The quantitative estimate of drug-likeness (QED) is 0.582. The van der Waals surface area contributed by atoms with Crippen LogP contribution in [0.2, 0.25) is 0 Å². The Balaban J connectivity index is 1.54. The lowest BCUT2D eigenvalue weighted by atomic mass is 10.3. The number of anilines is 3. The summed E-state index contributed by atoms with van der Waals surface area (Å²) in [6, 6.07) is 15.4. The van der Waals surface area contributed by atoms with Crippen LogP contribution >= 0.6 is 0 Å². The largest absolute Gasteiger partial charge is 0.497 e. The Labute approximate surface area is 157 Å². The van der Waals surface area contributed by atoms with Gasteiger partial charge >= 0.3 is 0 Å². The molecule has 140 valence electrons. The number of rotatable bonds is 8. The highest BCUT2D eigenvalue weighted by Gasteiger charge is 2.03. The molecule has 0 saturated heterocycles. The lowest BCUT2D eigenvalue weighted by Gasteiger charge is -2.11. The van der Waals surface area contributed by atoms with Crippen LogP contribution in [0.25, 0.3) is 0 Å². The number of hydrogen-bond donors (Lipinski definition) is 2. The first-order valence-corrected chi connectivity index (χ1v) is 8.51. The second-order valence-electron chi connectivity index (χ2n) is 5.77. The van der Waals surface area contributed by atoms with Crippen LogP contribution in [0.3, 0.4) is 0 Å². The molecule has 0 aliphatic carbocycles. The number of nitrogens with one attached hydrogen (secondary N) is 2. The van der Waals surface area contributed by atoms with E-state index in [1.165, 1.54) is 12.1 Å². The third-order valence-electron chi connectivity index (χ3n) is 3.67. The van der Waals surface area contributed by atoms with E-state index >= 15 is 0 Å². The second-order valence-corrected chi connectivity index (χ2v) is 5.77. The van der Waals surface area contributed by atoms with Gasteiger partial charge < -0.3 is 20.1 Å². The standard InChI is InChI=1S/C20H21FN4O2/c1-14-23-19(13-20(24-14)25-16-5-3-4-15(21)12-16)22-10-11-27-18-8-6-17(26-2)7-9-18/h3-9,12-13H,10-11H2,1-2H3,(H2,22,23,24,25). The summed E-state index contributed by atoms with van der Waals surface area (Å²) in [5.41, 5.74) is 0.627. The molecule has 3 aromatic rings. The fraction of sp³-hybridized carbons (Fsp3) is 0.200. The molecule has 0 atom stereocenters. The van der Waals surface area contributed by atoms with Crippen molar-refractivity contribution in [1.29, 1.82) is 0 Å². The summed E-state index contributed by atoms with van der Waals surface area (Å²) < 4.78 is 24.1. The van der Waals surface area contributed by atoms with Gasteiger partial charge in [0.05, 0.1) is 13.7 Å². The number of halogens is 1. The molecular weight excluding hydrogens is 347 g/mol. The third-order valence-corrected chi connectivity index (χ3v) is 3.67. The van der Waals surface area contributed by atoms with Crippen molar-refractivity contribution in [3.8, 4) is 11.5 Å². The van der Waals surface area contributed by atoms with Gasteiger partial charge in [-0.1, -0.05) is 6.07 Å². The van der Waals surface area contributed by atoms with E-state index in [1.807, 2.05) is 24.3 Å². The molecule has 0 aliphatic heterocycles. The summed E-state index contributed by atoms with van der Waals surface area (Å²) in [7, 11) is 1.63. The average molecular weight is 368 g/mol. The molecule has 2 aromatic carbocycles. The van der Waals surface area contributed by atoms with Crippen LogP contribution < -0.4 is 20.1 Å². The minimum absolute atomic E-state index is 0.306. The molecule has 0 fully saturated rings. The molecule has 0 bridgehead atoms. The molecule has 2 N–H and O–H groups in total. The van der Waals surface area contributed by atoms with Crippen LogP contribution in [-0.2, 0) is 0 Å². The first kappa shape index (κ1) is 18.4. The Hall–Kier alpha value is -3.35. The van der Waals surface area contributed by atoms with E-state index in [0.717, 1.165) is 11.5 Å². The van der Waals surface area contributed by atoms with Crippen LogP contribution in [0.5, 0.6) is 11.5 Å². The summed E-state index contributed by atoms with van der Waals surface area (Å²) in [6.45, 7) is 2.85. The fourth-order valence-electron chi connectivity index (χ4n) is 2.46. The average Bonchev–Trinajstić information content (AvgIpc) is 2.65. The summed E-state index contributed by atoms with van der Waals surface area (Å²) in [5.74, 6) is 3.11. The van der Waals surface area contributed by atoms with E-state index in [2.05, 4.69) is 20.6 Å². The first-order chi connectivity index (χ1) is 13.1. The fourth-order valence-corrected chi connectivity index (χ4v) is 2.46. The molecule has 27 heavy (non-hydrogen) atoms. The maximum atomic E-state index is 13.3. The Morgan fingerprint density at radius 1 is 0.963 bits per heavy atom. The van der Waals surface area contributed by atoms with Crippen LogP contribution in [0.15, 0.2) is 54.6 Å². The van der Waals surface area contributed by atoms with E-state index < -0.39 is 0 Å². The van der Waals surface area contributed by atoms with Crippen molar-refractivity contribution in [3.05, 3.63) is 66.2 Å². The van der Waals surface area contributed by atoms with Gasteiger partial charge in [0.15, 0.2) is 0 Å². The predicted molar refractivity (Wildman–Crippen MR) is 103 cm³/mol. The maximum Gasteiger partial charge on any atom is 0.136 e. The Morgan fingerprint density at radius 2 is 1.70 bits per heavy atom. The van der Waals surface area contributed by atoms with Crippen molar-refractivity contribution in [3.63, 3.8) is 0 Å². The van der Waals surface area contributed by atoms with Gasteiger partial charge in [0.2, 0.25) is 0 Å². The molecule has 7 heteroatoms. The van der Waals surface area contributed by atoms with Crippen molar-refractivity contribution in [1.82, 2.24) is 9.97 Å². The molecule has 0 unspecified atom stereocenters. The van der Waals surface area contributed by atoms with E-state index in [-0.39, 0.29) is 5.82 Å². The zero-order valence-electron chi connectivity index (χ0n) is 15.2. The molecule has 0 radical (unpaired) electrons. The monoisotopic (exact) mass is 368 g/mol. The normalized spacial score (nSPS) is 10.3. The van der Waals surface area contributed by atoms with Crippen molar-refractivity contribution in [2.24, 2.45) is 0 Å². The zero-order chi connectivity index (χ0) is 19.1. The Morgan fingerprint density at radius 3 is 2.44 bits per heavy atom. The van der Waals surface area contributed by atoms with Gasteiger partial charge in [0.1, 0.15) is 41.4 Å². The smallest absolute Gasteiger partial charge is 0.136 e. The highest BCUT2D eigenvalue weighted by Crippen LogP contribution is 2.19. The first-order valence-electron chi connectivity index (χ1n) is 8.51. The minimum Gasteiger partial charge on any atom is -0.497 e. The van der Waals surface area contributed by atoms with Crippen LogP contribution in [0.1, 0.15) is 5.82 Å². The van der Waals surface area contributed by atoms with Crippen LogP contribution in [0.4, 0.5) is 21.7 Å². The molecule has 0 spiro atoms. The van der Waals surface area contributed by atoms with Gasteiger partial charge in [0, 0.05) is 11.8 Å². The highest BCUT2D eigenvalue weighted by atomic mass is 19.1. The van der Waals surface area contributed by atoms with Gasteiger partial charge in [-0.05, 0) is 49.4 Å². The minimum atomic E-state index is -0.306. The summed E-state index contributed by atoms with van der Waals surface area (Å²) in [5, 5.41) is 6.28. The molecule has 3 rings (SSSR count). The van der Waals surface area contributed by atoms with Crippen molar-refractivity contribution in [2.75, 3.05) is 30.9 Å². The second kappa shape index (κ2) is 8.84. The SMILES string of the molecule is COc1ccc(OCCNc2cc(Nc3cccc(F)c3)nc(C)n2)cc1.